The first kappa shape index (κ1) is 38.8. The van der Waals surface area contributed by atoms with Gasteiger partial charge in [0.05, 0.1) is 53.3 Å². The maximum Gasteiger partial charge on any atom is 0.146 e. The van der Waals surface area contributed by atoms with Gasteiger partial charge in [0.15, 0.2) is 0 Å². The third-order valence-electron chi connectivity index (χ3n) is 10.9. The summed E-state index contributed by atoms with van der Waals surface area (Å²) in [6.07, 6.45) is 0. The zero-order valence-corrected chi connectivity index (χ0v) is 36.1. The fourth-order valence-corrected chi connectivity index (χ4v) is 19.5. The number of benzene rings is 3. The molecule has 0 aliphatic heterocycles. The van der Waals surface area contributed by atoms with E-state index in [-0.39, 0.29) is 0 Å². The second kappa shape index (κ2) is 14.5. The van der Waals surface area contributed by atoms with Crippen LogP contribution in [-0.2, 0) is 0 Å². The van der Waals surface area contributed by atoms with E-state index in [4.69, 9.17) is 66.3 Å². The number of fused-ring (bicyclic) bond motifs is 4. The minimum Gasteiger partial charge on any atom is -0.243 e. The van der Waals surface area contributed by atoms with E-state index in [1.807, 2.05) is 0 Å². The van der Waals surface area contributed by atoms with Crippen LogP contribution in [0.4, 0.5) is 0 Å². The van der Waals surface area contributed by atoms with E-state index in [9.17, 15) is 0 Å². The topological polar surface area (TPSA) is 51.6 Å². The summed E-state index contributed by atoms with van der Waals surface area (Å²) in [6, 6.07) is 7.04. The fourth-order valence-electron chi connectivity index (χ4n) is 8.47. The van der Waals surface area contributed by atoms with Crippen LogP contribution >= 0.6 is 46.4 Å². The molecule has 50 heavy (non-hydrogen) atoms. The number of hydrogen-bond donors (Lipinski definition) is 0. The lowest BCUT2D eigenvalue weighted by Gasteiger charge is -2.38. The highest BCUT2D eigenvalue weighted by molar-refractivity contribution is 6.91. The van der Waals surface area contributed by atoms with Crippen molar-refractivity contribution in [1.29, 1.82) is 0 Å². The van der Waals surface area contributed by atoms with Crippen molar-refractivity contribution in [3.05, 3.63) is 55.5 Å². The number of aromatic nitrogens is 4. The van der Waals surface area contributed by atoms with Gasteiger partial charge in [0, 0.05) is 0 Å². The predicted octanol–water partition coefficient (Wildman–Crippen LogP) is 13.6. The number of halogens is 4. The standard InChI is InChI=1S/C40H46Cl4N4Si2/c1-21(2)49(22(3)4,23(5)6)15-13-27-37-39(47-35-19-31(43)29(41)17-33(35)45-37)28(14-16-50(24(7)8,25(9)10)26(11)12)40-38(27)46-34-18-30(42)32(44)20-36(34)48-40/h17-26H,1-12H3. The molecule has 0 unspecified atom stereocenters. The summed E-state index contributed by atoms with van der Waals surface area (Å²) in [4.78, 5) is 20.9. The molecule has 3 aromatic carbocycles. The van der Waals surface area contributed by atoms with Crippen molar-refractivity contribution in [2.24, 2.45) is 0 Å². The Morgan fingerprint density at radius 1 is 0.400 bits per heavy atom. The average molecular weight is 781 g/mol. The number of nitrogens with zero attached hydrogens (tertiary/aromatic N) is 4. The lowest BCUT2D eigenvalue weighted by molar-refractivity contribution is 0.838. The van der Waals surface area contributed by atoms with Gasteiger partial charge in [-0.25, -0.2) is 19.9 Å². The monoisotopic (exact) mass is 778 g/mol. The Balaban J connectivity index is 2.09. The van der Waals surface area contributed by atoms with Crippen molar-refractivity contribution >= 4 is 107 Å². The molecule has 262 valence electrons. The smallest absolute Gasteiger partial charge is 0.146 e. The van der Waals surface area contributed by atoms with E-state index in [0.29, 0.717) is 109 Å². The lowest BCUT2D eigenvalue weighted by atomic mass is 10.0. The molecule has 2 heterocycles. The van der Waals surface area contributed by atoms with E-state index in [1.165, 1.54) is 0 Å². The van der Waals surface area contributed by atoms with E-state index in [0.717, 1.165) is 0 Å². The summed E-state index contributed by atoms with van der Waals surface area (Å²) >= 11 is 26.1. The van der Waals surface area contributed by atoms with Crippen molar-refractivity contribution in [1.82, 2.24) is 19.9 Å². The first-order chi connectivity index (χ1) is 23.4. The molecule has 0 spiro atoms. The quantitative estimate of drug-likeness (QED) is 0.0978. The van der Waals surface area contributed by atoms with Crippen molar-refractivity contribution in [2.75, 3.05) is 0 Å². The van der Waals surface area contributed by atoms with Crippen LogP contribution in [0.3, 0.4) is 0 Å². The summed E-state index contributed by atoms with van der Waals surface area (Å²) in [5.41, 5.74) is 16.7. The molecule has 0 aliphatic carbocycles. The van der Waals surface area contributed by atoms with Crippen LogP contribution in [0.15, 0.2) is 24.3 Å². The zero-order valence-electron chi connectivity index (χ0n) is 31.1. The van der Waals surface area contributed by atoms with E-state index >= 15 is 0 Å². The number of rotatable bonds is 6. The first-order valence-electron chi connectivity index (χ1n) is 17.5. The second-order valence-corrected chi connectivity index (χ2v) is 28.2. The fraction of sp³-hybridized carbons (Fsp3) is 0.450. The molecule has 0 fully saturated rings. The summed E-state index contributed by atoms with van der Waals surface area (Å²) < 4.78 is 0. The normalized spacial score (nSPS) is 12.8. The third-order valence-corrected chi connectivity index (χ3v) is 24.9. The summed E-state index contributed by atoms with van der Waals surface area (Å²) in [5, 5.41) is 1.63. The van der Waals surface area contributed by atoms with Gasteiger partial charge in [-0.2, -0.15) is 0 Å². The Bertz CT molecular complexity index is 1960. The molecule has 5 aromatic rings. The molecule has 0 aliphatic rings. The molecular formula is C40H46Cl4N4Si2. The van der Waals surface area contributed by atoms with Gasteiger partial charge in [-0.1, -0.05) is 141 Å². The van der Waals surface area contributed by atoms with E-state index in [2.05, 4.69) is 106 Å². The largest absolute Gasteiger partial charge is 0.243 e. The van der Waals surface area contributed by atoms with Gasteiger partial charge in [-0.05, 0) is 57.5 Å². The maximum atomic E-state index is 6.53. The third kappa shape index (κ3) is 6.55. The molecule has 0 saturated carbocycles. The van der Waals surface area contributed by atoms with Crippen LogP contribution in [0.1, 0.15) is 94.2 Å². The second-order valence-electron chi connectivity index (χ2n) is 15.4. The van der Waals surface area contributed by atoms with E-state index < -0.39 is 16.1 Å². The highest BCUT2D eigenvalue weighted by atomic mass is 35.5. The van der Waals surface area contributed by atoms with E-state index in [1.54, 1.807) is 24.3 Å². The first-order valence-corrected chi connectivity index (χ1v) is 23.5. The molecule has 0 bridgehead atoms. The van der Waals surface area contributed by atoms with Crippen LogP contribution in [-0.4, -0.2) is 36.1 Å². The summed E-state index contributed by atoms with van der Waals surface area (Å²) in [5.74, 6) is 7.40. The molecular weight excluding hydrogens is 734 g/mol. The van der Waals surface area contributed by atoms with Crippen LogP contribution in [0.25, 0.3) is 44.1 Å². The van der Waals surface area contributed by atoms with Crippen molar-refractivity contribution in [3.8, 4) is 22.9 Å². The molecule has 0 atom stereocenters. The highest BCUT2D eigenvalue weighted by Gasteiger charge is 2.43. The van der Waals surface area contributed by atoms with Gasteiger partial charge < -0.3 is 0 Å². The van der Waals surface area contributed by atoms with Gasteiger partial charge >= 0.3 is 0 Å². The molecule has 4 nitrogen and oxygen atoms in total. The van der Waals surface area contributed by atoms with Gasteiger partial charge in [-0.3, -0.25) is 0 Å². The van der Waals surface area contributed by atoms with Crippen LogP contribution in [0.5, 0.6) is 0 Å². The lowest BCUT2D eigenvalue weighted by Crippen LogP contribution is -2.43. The Morgan fingerprint density at radius 3 is 0.780 bits per heavy atom. The van der Waals surface area contributed by atoms with Gasteiger partial charge in [0.1, 0.15) is 38.2 Å². The zero-order chi connectivity index (χ0) is 37.0. The predicted molar refractivity (Wildman–Crippen MR) is 224 cm³/mol. The average Bonchev–Trinajstić information content (AvgIpc) is 3.01. The van der Waals surface area contributed by atoms with Crippen LogP contribution in [0, 0.1) is 22.9 Å². The Hall–Kier alpha value is -2.43. The summed E-state index contributed by atoms with van der Waals surface area (Å²) in [7, 11) is -4.35. The molecule has 2 aromatic heterocycles. The maximum absolute atomic E-state index is 6.53. The van der Waals surface area contributed by atoms with Crippen molar-refractivity contribution < 1.29 is 0 Å². The molecule has 5 rings (SSSR count). The Morgan fingerprint density at radius 2 is 0.600 bits per heavy atom. The molecule has 0 amide bonds. The SMILES string of the molecule is CC(C)[Si](C#Cc1c2nc3cc(Cl)c(Cl)cc3nc2c(C#C[Si](C(C)C)(C(C)C)C(C)C)c2nc3cc(Cl)c(Cl)cc3nc12)(C(C)C)C(C)C. The minimum absolute atomic E-state index is 0.408. The minimum atomic E-state index is -2.17. The summed E-state index contributed by atoms with van der Waals surface area (Å²) in [6.45, 7) is 27.7. The molecule has 0 radical (unpaired) electrons. The van der Waals surface area contributed by atoms with Gasteiger partial charge in [0.2, 0.25) is 0 Å². The highest BCUT2D eigenvalue weighted by Crippen LogP contribution is 2.43. The van der Waals surface area contributed by atoms with Gasteiger partial charge in [-0.15, -0.1) is 11.1 Å². The molecule has 0 saturated heterocycles. The van der Waals surface area contributed by atoms with Gasteiger partial charge in [0.25, 0.3) is 0 Å². The molecule has 0 N–H and O–H groups in total. The van der Waals surface area contributed by atoms with Crippen LogP contribution < -0.4 is 0 Å². The number of hydrogen-bond acceptors (Lipinski definition) is 4. The molecule has 10 heteroatoms. The Kier molecular flexibility index (Phi) is 11.3. The van der Waals surface area contributed by atoms with Crippen molar-refractivity contribution in [3.63, 3.8) is 0 Å². The van der Waals surface area contributed by atoms with Crippen LogP contribution in [0.2, 0.25) is 53.3 Å². The van der Waals surface area contributed by atoms with Crippen molar-refractivity contribution in [2.45, 2.75) is 116 Å². The Labute approximate surface area is 319 Å².